The zero-order chi connectivity index (χ0) is 19.4. The van der Waals surface area contributed by atoms with Crippen LogP contribution in [-0.4, -0.2) is 49.1 Å². The number of furan rings is 1. The lowest BCUT2D eigenvalue weighted by Crippen LogP contribution is -2.39. The summed E-state index contributed by atoms with van der Waals surface area (Å²) in [6.07, 6.45) is 2.26. The average Bonchev–Trinajstić information content (AvgIpc) is 3.24. The lowest BCUT2D eigenvalue weighted by atomic mass is 10.0. The summed E-state index contributed by atoms with van der Waals surface area (Å²) in [6.45, 7) is 4.66. The molecule has 0 atom stereocenters. The van der Waals surface area contributed by atoms with Crippen LogP contribution >= 0.6 is 0 Å². The molecule has 1 aromatic carbocycles. The smallest absolute Gasteiger partial charge is 0.289 e. The van der Waals surface area contributed by atoms with Crippen LogP contribution in [0.15, 0.2) is 41.0 Å². The topological polar surface area (TPSA) is 81.0 Å². The van der Waals surface area contributed by atoms with Gasteiger partial charge in [0.15, 0.2) is 17.3 Å². The van der Waals surface area contributed by atoms with Crippen molar-refractivity contribution in [3.8, 4) is 11.5 Å². The Kier molecular flexibility index (Phi) is 5.39. The van der Waals surface area contributed by atoms with E-state index in [1.54, 1.807) is 19.2 Å². The quantitative estimate of drug-likeness (QED) is 0.754. The fourth-order valence-corrected chi connectivity index (χ4v) is 2.98. The summed E-state index contributed by atoms with van der Waals surface area (Å²) in [5.74, 6) is 1.05. The molecule has 1 aliphatic rings. The summed E-state index contributed by atoms with van der Waals surface area (Å²) < 4.78 is 16.8. The van der Waals surface area contributed by atoms with E-state index in [1.807, 2.05) is 32.0 Å². The van der Waals surface area contributed by atoms with Gasteiger partial charge in [-0.1, -0.05) is 12.1 Å². The minimum atomic E-state index is -0.342. The highest BCUT2D eigenvalue weighted by molar-refractivity contribution is 5.94. The van der Waals surface area contributed by atoms with Gasteiger partial charge in [-0.2, -0.15) is 0 Å². The van der Waals surface area contributed by atoms with Crippen molar-refractivity contribution in [3.63, 3.8) is 0 Å². The molecule has 144 valence electrons. The van der Waals surface area contributed by atoms with Crippen molar-refractivity contribution in [3.05, 3.63) is 47.9 Å². The maximum atomic E-state index is 12.0. The van der Waals surface area contributed by atoms with Crippen molar-refractivity contribution >= 4 is 11.8 Å². The first kappa shape index (κ1) is 18.8. The molecule has 7 heteroatoms. The van der Waals surface area contributed by atoms with Crippen molar-refractivity contribution < 1.29 is 23.5 Å². The van der Waals surface area contributed by atoms with Crippen LogP contribution in [0.4, 0.5) is 0 Å². The van der Waals surface area contributed by atoms with Gasteiger partial charge in [0.25, 0.3) is 5.91 Å². The van der Waals surface area contributed by atoms with Gasteiger partial charge in [0, 0.05) is 19.0 Å². The Balaban J connectivity index is 1.43. The molecule has 1 aromatic heterocycles. The van der Waals surface area contributed by atoms with E-state index in [9.17, 15) is 9.59 Å². The Morgan fingerprint density at radius 2 is 2.07 bits per heavy atom. The van der Waals surface area contributed by atoms with E-state index in [0.717, 1.165) is 17.7 Å². The SMILES string of the molecule is CN(CC(=O)NCCOc1cccc2c1OC(C)(C)C2)C(=O)c1ccco1. The first-order valence-electron chi connectivity index (χ1n) is 8.85. The minimum absolute atomic E-state index is 0.0580. The number of ether oxygens (including phenoxy) is 2. The molecule has 1 aliphatic heterocycles. The maximum Gasteiger partial charge on any atom is 0.289 e. The van der Waals surface area contributed by atoms with E-state index in [4.69, 9.17) is 13.9 Å². The predicted molar refractivity (Wildman–Crippen MR) is 99.0 cm³/mol. The van der Waals surface area contributed by atoms with Crippen LogP contribution in [0, 0.1) is 0 Å². The molecule has 2 heterocycles. The molecule has 0 spiro atoms. The van der Waals surface area contributed by atoms with E-state index in [-0.39, 0.29) is 29.7 Å². The second-order valence-corrected chi connectivity index (χ2v) is 7.12. The van der Waals surface area contributed by atoms with Crippen molar-refractivity contribution in [1.29, 1.82) is 0 Å². The molecule has 0 fully saturated rings. The Hall–Kier alpha value is -2.96. The van der Waals surface area contributed by atoms with Gasteiger partial charge in [0.05, 0.1) is 19.4 Å². The minimum Gasteiger partial charge on any atom is -0.488 e. The van der Waals surface area contributed by atoms with Gasteiger partial charge >= 0.3 is 0 Å². The number of hydrogen-bond acceptors (Lipinski definition) is 5. The van der Waals surface area contributed by atoms with Gasteiger partial charge in [0.2, 0.25) is 5.91 Å². The normalized spacial score (nSPS) is 14.2. The summed E-state index contributed by atoms with van der Waals surface area (Å²) in [6, 6.07) is 9.02. The number of carbonyl (C=O) groups is 2. The monoisotopic (exact) mass is 372 g/mol. The lowest BCUT2D eigenvalue weighted by molar-refractivity contribution is -0.121. The molecular weight excluding hydrogens is 348 g/mol. The molecule has 3 rings (SSSR count). The summed E-state index contributed by atoms with van der Waals surface area (Å²) in [5, 5.41) is 2.74. The number of rotatable bonds is 7. The Labute approximate surface area is 158 Å². The molecule has 7 nitrogen and oxygen atoms in total. The van der Waals surface area contributed by atoms with Crippen LogP contribution < -0.4 is 14.8 Å². The molecule has 2 aromatic rings. The van der Waals surface area contributed by atoms with Crippen LogP contribution in [0.1, 0.15) is 30.0 Å². The number of nitrogens with zero attached hydrogens (tertiary/aromatic N) is 1. The van der Waals surface area contributed by atoms with Crippen LogP contribution in [0.2, 0.25) is 0 Å². The maximum absolute atomic E-state index is 12.0. The highest BCUT2D eigenvalue weighted by Crippen LogP contribution is 2.41. The number of hydrogen-bond donors (Lipinski definition) is 1. The van der Waals surface area contributed by atoms with E-state index in [0.29, 0.717) is 18.9 Å². The molecule has 0 saturated carbocycles. The van der Waals surface area contributed by atoms with Crippen molar-refractivity contribution in [2.45, 2.75) is 25.9 Å². The lowest BCUT2D eigenvalue weighted by Gasteiger charge is -2.18. The predicted octanol–water partition coefficient (Wildman–Crippen LogP) is 2.26. The zero-order valence-electron chi connectivity index (χ0n) is 15.8. The van der Waals surface area contributed by atoms with Gasteiger partial charge in [-0.15, -0.1) is 0 Å². The van der Waals surface area contributed by atoms with Crippen LogP contribution in [-0.2, 0) is 11.2 Å². The Morgan fingerprint density at radius 1 is 1.26 bits per heavy atom. The largest absolute Gasteiger partial charge is 0.488 e. The molecule has 1 N–H and O–H groups in total. The van der Waals surface area contributed by atoms with Gasteiger partial charge in [-0.25, -0.2) is 0 Å². The second-order valence-electron chi connectivity index (χ2n) is 7.12. The number of benzene rings is 1. The molecule has 0 bridgehead atoms. The third-order valence-corrected chi connectivity index (χ3v) is 4.20. The first-order valence-corrected chi connectivity index (χ1v) is 8.85. The van der Waals surface area contributed by atoms with Crippen LogP contribution in [0.5, 0.6) is 11.5 Å². The zero-order valence-corrected chi connectivity index (χ0v) is 15.8. The summed E-state index contributed by atoms with van der Waals surface area (Å²) in [7, 11) is 1.55. The summed E-state index contributed by atoms with van der Waals surface area (Å²) >= 11 is 0. The number of likely N-dealkylation sites (N-methyl/N-ethyl adjacent to an activating group) is 1. The highest BCUT2D eigenvalue weighted by Gasteiger charge is 2.32. The fourth-order valence-electron chi connectivity index (χ4n) is 2.98. The van der Waals surface area contributed by atoms with Crippen molar-refractivity contribution in [2.24, 2.45) is 0 Å². The van der Waals surface area contributed by atoms with Gasteiger partial charge in [-0.05, 0) is 32.0 Å². The molecule has 2 amide bonds. The number of amides is 2. The number of fused-ring (bicyclic) bond motifs is 1. The van der Waals surface area contributed by atoms with Gasteiger partial charge < -0.3 is 24.1 Å². The van der Waals surface area contributed by atoms with E-state index in [1.165, 1.54) is 11.2 Å². The number of para-hydroxylation sites is 1. The third-order valence-electron chi connectivity index (χ3n) is 4.20. The molecule has 0 aliphatic carbocycles. The van der Waals surface area contributed by atoms with Crippen LogP contribution in [0.25, 0.3) is 0 Å². The molecule has 0 unspecified atom stereocenters. The standard InChI is InChI=1S/C20H24N2O5/c1-20(2)12-14-6-4-7-15(18(14)27-20)26-11-9-21-17(23)13-22(3)19(24)16-8-5-10-25-16/h4-8,10H,9,11-13H2,1-3H3,(H,21,23). The van der Waals surface area contributed by atoms with Gasteiger partial charge in [-0.3, -0.25) is 9.59 Å². The molecule has 0 radical (unpaired) electrons. The highest BCUT2D eigenvalue weighted by atomic mass is 16.5. The van der Waals surface area contributed by atoms with Crippen LogP contribution in [0.3, 0.4) is 0 Å². The average molecular weight is 372 g/mol. The molecule has 0 saturated heterocycles. The molecular formula is C20H24N2O5. The Bertz CT molecular complexity index is 814. The summed E-state index contributed by atoms with van der Waals surface area (Å²) in [5.41, 5.74) is 0.890. The summed E-state index contributed by atoms with van der Waals surface area (Å²) in [4.78, 5) is 25.3. The van der Waals surface area contributed by atoms with Gasteiger partial charge in [0.1, 0.15) is 12.2 Å². The first-order chi connectivity index (χ1) is 12.9. The van der Waals surface area contributed by atoms with E-state index < -0.39 is 0 Å². The fraction of sp³-hybridized carbons (Fsp3) is 0.400. The number of nitrogens with one attached hydrogen (secondary N) is 1. The van der Waals surface area contributed by atoms with E-state index >= 15 is 0 Å². The van der Waals surface area contributed by atoms with Crippen molar-refractivity contribution in [2.75, 3.05) is 26.7 Å². The molecule has 27 heavy (non-hydrogen) atoms. The second kappa shape index (κ2) is 7.73. The third kappa shape index (κ3) is 4.61. The Morgan fingerprint density at radius 3 is 2.81 bits per heavy atom. The number of carbonyl (C=O) groups excluding carboxylic acids is 2. The van der Waals surface area contributed by atoms with Crippen molar-refractivity contribution in [1.82, 2.24) is 10.2 Å². The van der Waals surface area contributed by atoms with E-state index in [2.05, 4.69) is 5.32 Å².